The molecular formula is C28H39F2N3O7P2. The lowest BCUT2D eigenvalue weighted by molar-refractivity contribution is 0.0440. The Hall–Kier alpha value is -2.65. The minimum absolute atomic E-state index is 0.0101. The highest BCUT2D eigenvalue weighted by atomic mass is 31.2. The van der Waals surface area contributed by atoms with E-state index in [9.17, 15) is 37.4 Å². The van der Waals surface area contributed by atoms with E-state index >= 15 is 0 Å². The van der Waals surface area contributed by atoms with Crippen LogP contribution in [-0.2, 0) is 26.7 Å². The van der Waals surface area contributed by atoms with Crippen LogP contribution < -0.4 is 10.7 Å². The number of carbonyl (C=O) groups is 2. The van der Waals surface area contributed by atoms with Gasteiger partial charge in [0.15, 0.2) is 11.5 Å². The molecule has 1 aromatic heterocycles. The van der Waals surface area contributed by atoms with Gasteiger partial charge in [-0.25, -0.2) is 8.78 Å². The third-order valence-electron chi connectivity index (χ3n) is 7.52. The molecule has 2 atom stereocenters. The average molecular weight is 630 g/mol. The van der Waals surface area contributed by atoms with Gasteiger partial charge in [-0.1, -0.05) is 19.9 Å². The van der Waals surface area contributed by atoms with Crippen LogP contribution in [0.2, 0.25) is 0 Å². The first-order chi connectivity index (χ1) is 19.4. The second-order valence-electron chi connectivity index (χ2n) is 11.7. The second kappa shape index (κ2) is 12.9. The monoisotopic (exact) mass is 629 g/mol. The number of rotatable bonds is 12. The summed E-state index contributed by atoms with van der Waals surface area (Å²) in [5.74, 6) is -3.97. The molecule has 0 spiro atoms. The largest absolute Gasteiger partial charge is 0.503 e. The number of aromatic nitrogens is 1. The van der Waals surface area contributed by atoms with Crippen molar-refractivity contribution in [1.82, 2.24) is 14.8 Å². The van der Waals surface area contributed by atoms with Crippen LogP contribution in [0, 0.1) is 17.0 Å². The van der Waals surface area contributed by atoms with E-state index in [4.69, 9.17) is 4.52 Å². The summed E-state index contributed by atoms with van der Waals surface area (Å²) >= 11 is 0. The van der Waals surface area contributed by atoms with E-state index < -0.39 is 66.0 Å². The number of nitrogens with one attached hydrogen (secondary N) is 1. The minimum Gasteiger partial charge on any atom is -0.503 e. The Morgan fingerprint density at radius 1 is 1.17 bits per heavy atom. The number of ketones is 1. The fourth-order valence-electron chi connectivity index (χ4n) is 5.01. The fraction of sp³-hybridized carbons (Fsp3) is 0.536. The Balaban J connectivity index is 1.97. The number of amides is 1. The normalized spacial score (nSPS) is 18.0. The predicted octanol–water partition coefficient (Wildman–Crippen LogP) is 4.22. The van der Waals surface area contributed by atoms with E-state index in [0.717, 1.165) is 12.1 Å². The lowest BCUT2D eigenvalue weighted by atomic mass is 9.75. The van der Waals surface area contributed by atoms with Crippen LogP contribution in [0.3, 0.4) is 0 Å². The van der Waals surface area contributed by atoms with Gasteiger partial charge in [0.2, 0.25) is 12.8 Å². The van der Waals surface area contributed by atoms with E-state index in [1.54, 1.807) is 34.1 Å². The Labute approximate surface area is 244 Å². The summed E-state index contributed by atoms with van der Waals surface area (Å²) in [6, 6.07) is 2.32. The zero-order valence-corrected chi connectivity index (χ0v) is 26.6. The molecule has 2 aromatic rings. The Bertz CT molecular complexity index is 1520. The number of carbonyl (C=O) groups excluding carboxylic acids is 2. The topological polar surface area (TPSA) is 135 Å². The number of benzene rings is 1. The van der Waals surface area contributed by atoms with Crippen molar-refractivity contribution in [3.63, 3.8) is 0 Å². The van der Waals surface area contributed by atoms with Gasteiger partial charge in [-0.15, -0.1) is 0 Å². The molecule has 0 fully saturated rings. The van der Waals surface area contributed by atoms with Gasteiger partial charge >= 0.3 is 0 Å². The van der Waals surface area contributed by atoms with Gasteiger partial charge in [-0.05, 0) is 26.3 Å². The van der Waals surface area contributed by atoms with Gasteiger partial charge in [0, 0.05) is 74.5 Å². The Morgan fingerprint density at radius 2 is 1.81 bits per heavy atom. The molecule has 232 valence electrons. The van der Waals surface area contributed by atoms with E-state index in [1.807, 2.05) is 4.90 Å². The molecule has 0 aliphatic carbocycles. The SMILES string of the molecule is CCOP(C)(=O)CCN(CCP(C)(C)=O)C1Cn2cc(C(=O)NCc3ccc(F)cc3F)c(=O)c(O)c2C(=O)C1(C)C. The van der Waals surface area contributed by atoms with Gasteiger partial charge in [0.05, 0.1) is 13.7 Å². The second-order valence-corrected chi connectivity index (χ2v) is 18.0. The zero-order valence-electron chi connectivity index (χ0n) is 24.8. The smallest absolute Gasteiger partial charge is 0.257 e. The first-order valence-corrected chi connectivity index (χ1v) is 18.6. The molecule has 1 aliphatic rings. The van der Waals surface area contributed by atoms with Crippen molar-refractivity contribution in [1.29, 1.82) is 0 Å². The fourth-order valence-corrected chi connectivity index (χ4v) is 7.05. The summed E-state index contributed by atoms with van der Waals surface area (Å²) in [7, 11) is -5.41. The van der Waals surface area contributed by atoms with Crippen molar-refractivity contribution < 1.29 is 37.1 Å². The highest BCUT2D eigenvalue weighted by molar-refractivity contribution is 7.62. The Kier molecular flexibility index (Phi) is 10.4. The van der Waals surface area contributed by atoms with Gasteiger partial charge in [-0.2, -0.15) is 0 Å². The standard InChI is InChI=1S/C28H39F2N3O7P2/c1-7-40-42(6,39)13-11-32(10-12-41(4,5)38)22-17-33-16-20(24(34)25(35)23(33)26(36)28(22,2)3)27(37)31-15-18-8-9-19(29)14-21(18)30/h8-9,14,16,22,35H,7,10-13,15,17H2,1-6H3,(H,31,37). The van der Waals surface area contributed by atoms with Crippen molar-refractivity contribution >= 4 is 26.2 Å². The molecule has 0 bridgehead atoms. The molecule has 14 heteroatoms. The van der Waals surface area contributed by atoms with E-state index in [1.165, 1.54) is 17.4 Å². The van der Waals surface area contributed by atoms with Gasteiger partial charge < -0.3 is 24.1 Å². The molecular weight excluding hydrogens is 590 g/mol. The summed E-state index contributed by atoms with van der Waals surface area (Å²) in [5, 5.41) is 13.2. The molecule has 2 N–H and O–H groups in total. The maximum Gasteiger partial charge on any atom is 0.257 e. The number of nitrogens with zero attached hydrogens (tertiary/aromatic N) is 2. The number of hydrogen-bond acceptors (Lipinski definition) is 8. The molecule has 1 amide bonds. The van der Waals surface area contributed by atoms with Crippen molar-refractivity contribution in [2.45, 2.75) is 39.9 Å². The van der Waals surface area contributed by atoms with Gasteiger partial charge in [0.1, 0.15) is 22.9 Å². The Morgan fingerprint density at radius 3 is 2.40 bits per heavy atom. The summed E-state index contributed by atoms with van der Waals surface area (Å²) in [6.45, 7) is 10.6. The molecule has 2 heterocycles. The maximum atomic E-state index is 14.0. The molecule has 3 rings (SSSR count). The molecule has 1 aliphatic heterocycles. The summed E-state index contributed by atoms with van der Waals surface area (Å²) in [5.41, 5.74) is -2.89. The van der Waals surface area contributed by atoms with Crippen LogP contribution >= 0.6 is 14.5 Å². The number of hydrogen-bond donors (Lipinski definition) is 2. The number of fused-ring (bicyclic) bond motifs is 1. The molecule has 42 heavy (non-hydrogen) atoms. The van der Waals surface area contributed by atoms with E-state index in [-0.39, 0.29) is 43.7 Å². The molecule has 0 radical (unpaired) electrons. The number of pyridine rings is 1. The molecule has 2 unspecified atom stereocenters. The first-order valence-electron chi connectivity index (χ1n) is 13.6. The van der Waals surface area contributed by atoms with Crippen LogP contribution in [0.4, 0.5) is 8.78 Å². The molecule has 1 aromatic carbocycles. The van der Waals surface area contributed by atoms with E-state index in [0.29, 0.717) is 18.8 Å². The maximum absolute atomic E-state index is 14.0. The summed E-state index contributed by atoms with van der Waals surface area (Å²) in [4.78, 5) is 41.6. The zero-order chi connectivity index (χ0) is 31.6. The van der Waals surface area contributed by atoms with Crippen LogP contribution in [-0.4, -0.2) is 84.3 Å². The predicted molar refractivity (Wildman–Crippen MR) is 158 cm³/mol. The van der Waals surface area contributed by atoms with E-state index in [2.05, 4.69) is 5.32 Å². The van der Waals surface area contributed by atoms with Crippen molar-refractivity contribution in [3.05, 3.63) is 63.1 Å². The van der Waals surface area contributed by atoms with Crippen LogP contribution in [0.25, 0.3) is 0 Å². The van der Waals surface area contributed by atoms with Crippen molar-refractivity contribution in [2.24, 2.45) is 5.41 Å². The van der Waals surface area contributed by atoms with Gasteiger partial charge in [0.25, 0.3) is 5.91 Å². The third kappa shape index (κ3) is 7.84. The molecule has 0 saturated carbocycles. The molecule has 10 nitrogen and oxygen atoms in total. The first kappa shape index (κ1) is 33.8. The quantitative estimate of drug-likeness (QED) is 0.334. The van der Waals surface area contributed by atoms with Crippen molar-refractivity contribution in [2.75, 3.05) is 52.0 Å². The number of aromatic hydroxyl groups is 1. The lowest BCUT2D eigenvalue weighted by Gasteiger charge is -2.45. The average Bonchev–Trinajstić information content (AvgIpc) is 2.87. The number of Topliss-reactive ketones (excluding diaryl/α,β-unsaturated/α-hetero) is 1. The highest BCUT2D eigenvalue weighted by Crippen LogP contribution is 2.44. The van der Waals surface area contributed by atoms with Gasteiger partial charge in [-0.3, -0.25) is 23.8 Å². The summed E-state index contributed by atoms with van der Waals surface area (Å²) < 4.78 is 59.5. The number of halogens is 2. The minimum atomic E-state index is -2.94. The molecule has 0 saturated heterocycles. The van der Waals surface area contributed by atoms with Crippen LogP contribution in [0.15, 0.2) is 29.2 Å². The van der Waals surface area contributed by atoms with Crippen LogP contribution in [0.1, 0.15) is 47.2 Å². The highest BCUT2D eigenvalue weighted by Gasteiger charge is 2.47. The lowest BCUT2D eigenvalue weighted by Crippen LogP contribution is -2.56. The third-order valence-corrected chi connectivity index (χ3v) is 10.6. The van der Waals surface area contributed by atoms with Crippen LogP contribution in [0.5, 0.6) is 5.75 Å². The van der Waals surface area contributed by atoms with Crippen molar-refractivity contribution in [3.8, 4) is 5.75 Å². The summed E-state index contributed by atoms with van der Waals surface area (Å²) in [6.07, 6.45) is 1.71.